The highest BCUT2D eigenvalue weighted by Gasteiger charge is 2.37. The Kier molecular flexibility index (Phi) is 3.96. The fourth-order valence-electron chi connectivity index (χ4n) is 1.86. The summed E-state index contributed by atoms with van der Waals surface area (Å²) in [7, 11) is 0. The Morgan fingerprint density at radius 2 is 2.11 bits per heavy atom. The predicted molar refractivity (Wildman–Crippen MR) is 70.9 cm³/mol. The molecule has 1 heterocycles. The summed E-state index contributed by atoms with van der Waals surface area (Å²) in [5.74, 6) is -1.77. The molecule has 0 saturated heterocycles. The Hall–Kier alpha value is -1.73. The molecular formula is C12H11BrN2O4. The first kappa shape index (κ1) is 13.7. The monoisotopic (exact) mass is 326 g/mol. The normalized spacial score (nSPS) is 13.7. The van der Waals surface area contributed by atoms with Gasteiger partial charge in [-0.1, -0.05) is 6.07 Å². The van der Waals surface area contributed by atoms with Crippen molar-refractivity contribution < 1.29 is 19.5 Å². The highest BCUT2D eigenvalue weighted by Crippen LogP contribution is 2.35. The molecule has 0 saturated carbocycles. The first-order valence-corrected chi connectivity index (χ1v) is 6.38. The third kappa shape index (κ3) is 2.52. The van der Waals surface area contributed by atoms with Gasteiger partial charge in [-0.15, -0.1) is 0 Å². The van der Waals surface area contributed by atoms with Crippen molar-refractivity contribution in [3.05, 3.63) is 28.2 Å². The summed E-state index contributed by atoms with van der Waals surface area (Å²) >= 11 is 3.27. The van der Waals surface area contributed by atoms with Gasteiger partial charge in [0.25, 0.3) is 11.7 Å². The number of carbonyl (C=O) groups is 3. The van der Waals surface area contributed by atoms with Gasteiger partial charge in [-0.25, -0.2) is 0 Å². The van der Waals surface area contributed by atoms with Gasteiger partial charge in [-0.3, -0.25) is 19.3 Å². The van der Waals surface area contributed by atoms with Crippen molar-refractivity contribution in [2.75, 3.05) is 24.6 Å². The minimum Gasteiger partial charge on any atom is -0.395 e. The lowest BCUT2D eigenvalue weighted by atomic mass is 10.1. The maximum absolute atomic E-state index is 11.8. The smallest absolute Gasteiger partial charge is 0.299 e. The molecule has 0 unspecified atom stereocenters. The van der Waals surface area contributed by atoms with E-state index in [1.807, 2.05) is 0 Å². The third-order valence-corrected chi connectivity index (χ3v) is 3.32. The summed E-state index contributed by atoms with van der Waals surface area (Å²) in [5, 5.41) is 11.1. The van der Waals surface area contributed by atoms with Crippen molar-refractivity contribution in [1.82, 2.24) is 5.32 Å². The molecule has 1 aromatic carbocycles. The molecule has 2 N–H and O–H groups in total. The number of benzene rings is 1. The second kappa shape index (κ2) is 5.50. The molecule has 2 rings (SSSR count). The molecular weight excluding hydrogens is 316 g/mol. The molecule has 19 heavy (non-hydrogen) atoms. The summed E-state index contributed by atoms with van der Waals surface area (Å²) in [4.78, 5) is 36.3. The molecule has 6 nitrogen and oxygen atoms in total. The van der Waals surface area contributed by atoms with E-state index in [1.54, 1.807) is 18.2 Å². The molecule has 0 aromatic heterocycles. The number of aliphatic hydroxyl groups excluding tert-OH is 1. The number of amides is 2. The van der Waals surface area contributed by atoms with Crippen LogP contribution in [0.5, 0.6) is 0 Å². The number of hydrogen-bond acceptors (Lipinski definition) is 4. The molecule has 0 bridgehead atoms. The van der Waals surface area contributed by atoms with E-state index in [1.165, 1.54) is 0 Å². The largest absolute Gasteiger partial charge is 0.395 e. The lowest BCUT2D eigenvalue weighted by Crippen LogP contribution is -2.41. The maximum atomic E-state index is 11.8. The van der Waals surface area contributed by atoms with Gasteiger partial charge in [-0.05, 0) is 28.1 Å². The van der Waals surface area contributed by atoms with Crippen molar-refractivity contribution in [3.8, 4) is 0 Å². The van der Waals surface area contributed by atoms with E-state index < -0.39 is 17.6 Å². The fraction of sp³-hybridized carbons (Fsp3) is 0.250. The molecule has 0 fully saturated rings. The third-order valence-electron chi connectivity index (χ3n) is 2.68. The second-order valence-corrected chi connectivity index (χ2v) is 4.78. The summed E-state index contributed by atoms with van der Waals surface area (Å²) in [5.41, 5.74) is 0.700. The van der Waals surface area contributed by atoms with Crippen LogP contribution in [0.4, 0.5) is 5.69 Å². The first-order valence-electron chi connectivity index (χ1n) is 5.58. The fourth-order valence-corrected chi connectivity index (χ4v) is 2.44. The molecule has 2 amide bonds. The van der Waals surface area contributed by atoms with Crippen molar-refractivity contribution in [1.29, 1.82) is 0 Å². The number of hydrogen-bond donors (Lipinski definition) is 2. The maximum Gasteiger partial charge on any atom is 0.299 e. The number of rotatable bonds is 4. The topological polar surface area (TPSA) is 86.7 Å². The van der Waals surface area contributed by atoms with Crippen LogP contribution >= 0.6 is 15.9 Å². The zero-order valence-corrected chi connectivity index (χ0v) is 11.4. The number of Topliss-reactive ketones (excluding diaryl/α,β-unsaturated/α-hetero) is 1. The van der Waals surface area contributed by atoms with E-state index in [4.69, 9.17) is 5.11 Å². The number of nitrogens with one attached hydrogen (secondary N) is 1. The highest BCUT2D eigenvalue weighted by molar-refractivity contribution is 9.10. The van der Waals surface area contributed by atoms with E-state index in [0.717, 1.165) is 4.90 Å². The Balaban J connectivity index is 2.26. The van der Waals surface area contributed by atoms with Crippen molar-refractivity contribution in [2.24, 2.45) is 0 Å². The van der Waals surface area contributed by atoms with Gasteiger partial charge >= 0.3 is 0 Å². The summed E-state index contributed by atoms with van der Waals surface area (Å²) in [6.07, 6.45) is 0. The van der Waals surface area contributed by atoms with Crippen LogP contribution in [0, 0.1) is 0 Å². The van der Waals surface area contributed by atoms with Crippen molar-refractivity contribution >= 4 is 39.2 Å². The van der Waals surface area contributed by atoms with Crippen LogP contribution in [0.1, 0.15) is 10.4 Å². The van der Waals surface area contributed by atoms with E-state index in [0.29, 0.717) is 10.2 Å². The Bertz CT molecular complexity index is 559. The van der Waals surface area contributed by atoms with Crippen LogP contribution in [0.15, 0.2) is 22.7 Å². The van der Waals surface area contributed by atoms with E-state index >= 15 is 0 Å². The van der Waals surface area contributed by atoms with Crippen LogP contribution in [-0.2, 0) is 9.59 Å². The van der Waals surface area contributed by atoms with Crippen LogP contribution < -0.4 is 10.2 Å². The highest BCUT2D eigenvalue weighted by atomic mass is 79.9. The van der Waals surface area contributed by atoms with Gasteiger partial charge < -0.3 is 10.4 Å². The van der Waals surface area contributed by atoms with Gasteiger partial charge in [-0.2, -0.15) is 0 Å². The summed E-state index contributed by atoms with van der Waals surface area (Å²) in [6.45, 7) is -0.323. The van der Waals surface area contributed by atoms with Gasteiger partial charge in [0.15, 0.2) is 0 Å². The van der Waals surface area contributed by atoms with Gasteiger partial charge in [0, 0.05) is 11.0 Å². The Morgan fingerprint density at radius 1 is 1.37 bits per heavy atom. The second-order valence-electron chi connectivity index (χ2n) is 3.93. The standard InChI is InChI=1S/C12H11BrN2O4/c13-8-3-1-2-7-10(8)15(12(19)11(7)18)6-9(17)14-4-5-16/h1-3,16H,4-6H2,(H,14,17). The van der Waals surface area contributed by atoms with E-state index in [-0.39, 0.29) is 25.3 Å². The average Bonchev–Trinajstić information content (AvgIpc) is 2.63. The van der Waals surface area contributed by atoms with Gasteiger partial charge in [0.1, 0.15) is 6.54 Å². The Labute approximate surface area is 117 Å². The average molecular weight is 327 g/mol. The first-order chi connectivity index (χ1) is 9.06. The van der Waals surface area contributed by atoms with E-state index in [9.17, 15) is 14.4 Å². The number of aliphatic hydroxyl groups is 1. The van der Waals surface area contributed by atoms with Gasteiger partial charge in [0.05, 0.1) is 17.9 Å². The zero-order chi connectivity index (χ0) is 14.0. The molecule has 7 heteroatoms. The summed E-state index contributed by atoms with van der Waals surface area (Å²) < 4.78 is 0.583. The van der Waals surface area contributed by atoms with Crippen molar-refractivity contribution in [3.63, 3.8) is 0 Å². The number of ketones is 1. The quantitative estimate of drug-likeness (QED) is 0.767. The molecule has 1 aliphatic heterocycles. The predicted octanol–water partition coefficient (Wildman–Crippen LogP) is 0.0869. The number of carbonyl (C=O) groups excluding carboxylic acids is 3. The molecule has 100 valence electrons. The Morgan fingerprint density at radius 3 is 2.79 bits per heavy atom. The molecule has 1 aliphatic rings. The van der Waals surface area contributed by atoms with Crippen LogP contribution in [0.25, 0.3) is 0 Å². The molecule has 0 spiro atoms. The number of nitrogens with zero attached hydrogens (tertiary/aromatic N) is 1. The van der Waals surface area contributed by atoms with Crippen LogP contribution in [0.2, 0.25) is 0 Å². The van der Waals surface area contributed by atoms with Crippen LogP contribution in [0.3, 0.4) is 0 Å². The number of halogens is 1. The SMILES string of the molecule is O=C(CN1C(=O)C(=O)c2cccc(Br)c21)NCCO. The zero-order valence-electron chi connectivity index (χ0n) is 9.85. The molecule has 1 aromatic rings. The van der Waals surface area contributed by atoms with Gasteiger partial charge in [0.2, 0.25) is 5.91 Å². The molecule has 0 radical (unpaired) electrons. The molecule has 0 atom stereocenters. The number of anilines is 1. The lowest BCUT2D eigenvalue weighted by Gasteiger charge is -2.17. The minimum absolute atomic E-state index is 0.109. The lowest BCUT2D eigenvalue weighted by molar-refractivity contribution is -0.122. The van der Waals surface area contributed by atoms with Crippen LogP contribution in [-0.4, -0.2) is 42.4 Å². The number of fused-ring (bicyclic) bond motifs is 1. The summed E-state index contributed by atoms with van der Waals surface area (Å²) in [6, 6.07) is 4.90. The number of para-hydroxylation sites is 1. The molecule has 0 aliphatic carbocycles. The van der Waals surface area contributed by atoms with Crippen molar-refractivity contribution in [2.45, 2.75) is 0 Å². The minimum atomic E-state index is -0.721. The van der Waals surface area contributed by atoms with E-state index in [2.05, 4.69) is 21.2 Å².